The molecule has 1 N–H and O–H groups in total. The first kappa shape index (κ1) is 12.6. The summed E-state index contributed by atoms with van der Waals surface area (Å²) in [7, 11) is 0. The van der Waals surface area contributed by atoms with Crippen LogP contribution < -0.4 is 5.32 Å². The number of rotatable bonds is 6. The number of aryl methyl sites for hydroxylation is 2. The van der Waals surface area contributed by atoms with Crippen LogP contribution >= 0.6 is 0 Å². The fourth-order valence-electron chi connectivity index (χ4n) is 2.53. The zero-order valence-electron chi connectivity index (χ0n) is 11.0. The van der Waals surface area contributed by atoms with E-state index in [0.717, 1.165) is 26.2 Å². The van der Waals surface area contributed by atoms with Gasteiger partial charge in [-0.2, -0.15) is 0 Å². The minimum Gasteiger partial charge on any atom is -0.382 e. The van der Waals surface area contributed by atoms with Gasteiger partial charge in [0, 0.05) is 19.3 Å². The highest BCUT2D eigenvalue weighted by atomic mass is 16.5. The van der Waals surface area contributed by atoms with Gasteiger partial charge in [0.15, 0.2) is 0 Å². The summed E-state index contributed by atoms with van der Waals surface area (Å²) in [6.45, 7) is 6.97. The van der Waals surface area contributed by atoms with Crippen molar-refractivity contribution in [2.75, 3.05) is 19.8 Å². The standard InChI is InChI=1S/C15H23NO/c1-3-17-10-4-9-16-15-8-7-13-6-5-12(2)11-14(13)15/h5-6,11,15-16H,3-4,7-10H2,1-2H3. The molecule has 0 radical (unpaired) electrons. The van der Waals surface area contributed by atoms with E-state index in [9.17, 15) is 0 Å². The molecule has 1 atom stereocenters. The van der Waals surface area contributed by atoms with Crippen LogP contribution in [0.5, 0.6) is 0 Å². The number of ether oxygens (including phenoxy) is 1. The quantitative estimate of drug-likeness (QED) is 0.763. The van der Waals surface area contributed by atoms with Crippen molar-refractivity contribution in [2.45, 2.75) is 39.2 Å². The Kier molecular flexibility index (Phi) is 4.57. The molecule has 0 aromatic heterocycles. The van der Waals surface area contributed by atoms with Gasteiger partial charge in [-0.25, -0.2) is 0 Å². The van der Waals surface area contributed by atoms with E-state index in [1.54, 1.807) is 0 Å². The third kappa shape index (κ3) is 3.30. The first-order valence-corrected chi connectivity index (χ1v) is 6.72. The number of hydrogen-bond acceptors (Lipinski definition) is 2. The summed E-state index contributed by atoms with van der Waals surface area (Å²) < 4.78 is 5.35. The van der Waals surface area contributed by atoms with Crippen molar-refractivity contribution in [1.82, 2.24) is 5.32 Å². The Balaban J connectivity index is 1.82. The maximum atomic E-state index is 5.35. The molecule has 0 fully saturated rings. The van der Waals surface area contributed by atoms with E-state index < -0.39 is 0 Å². The second-order valence-corrected chi connectivity index (χ2v) is 4.80. The van der Waals surface area contributed by atoms with Gasteiger partial charge >= 0.3 is 0 Å². The highest BCUT2D eigenvalue weighted by Crippen LogP contribution is 2.31. The maximum Gasteiger partial charge on any atom is 0.0477 e. The fourth-order valence-corrected chi connectivity index (χ4v) is 2.53. The Bertz CT molecular complexity index is 362. The van der Waals surface area contributed by atoms with Gasteiger partial charge < -0.3 is 10.1 Å². The van der Waals surface area contributed by atoms with Gasteiger partial charge in [-0.15, -0.1) is 0 Å². The molecule has 1 aromatic rings. The van der Waals surface area contributed by atoms with Crippen LogP contribution in [0.3, 0.4) is 0 Å². The largest absolute Gasteiger partial charge is 0.382 e. The van der Waals surface area contributed by atoms with Crippen LogP contribution in [-0.2, 0) is 11.2 Å². The lowest BCUT2D eigenvalue weighted by Gasteiger charge is -2.14. The molecule has 1 aliphatic carbocycles. The minimum atomic E-state index is 0.562. The van der Waals surface area contributed by atoms with E-state index in [-0.39, 0.29) is 0 Å². The van der Waals surface area contributed by atoms with Crippen LogP contribution in [-0.4, -0.2) is 19.8 Å². The zero-order chi connectivity index (χ0) is 12.1. The predicted molar refractivity (Wildman–Crippen MR) is 71.4 cm³/mol. The summed E-state index contributed by atoms with van der Waals surface area (Å²) in [5.41, 5.74) is 4.41. The van der Waals surface area contributed by atoms with Gasteiger partial charge in [-0.1, -0.05) is 23.8 Å². The van der Waals surface area contributed by atoms with Gasteiger partial charge in [-0.05, 0) is 50.8 Å². The molecular weight excluding hydrogens is 210 g/mol. The molecule has 0 bridgehead atoms. The SMILES string of the molecule is CCOCCCNC1CCc2ccc(C)cc21. The van der Waals surface area contributed by atoms with E-state index >= 15 is 0 Å². The highest BCUT2D eigenvalue weighted by molar-refractivity contribution is 5.37. The average molecular weight is 233 g/mol. The van der Waals surface area contributed by atoms with E-state index in [0.29, 0.717) is 6.04 Å². The molecule has 1 aliphatic rings. The highest BCUT2D eigenvalue weighted by Gasteiger charge is 2.21. The zero-order valence-corrected chi connectivity index (χ0v) is 11.0. The first-order chi connectivity index (χ1) is 8.31. The fraction of sp³-hybridized carbons (Fsp3) is 0.600. The molecule has 0 heterocycles. The van der Waals surface area contributed by atoms with Crippen molar-refractivity contribution in [3.05, 3.63) is 34.9 Å². The lowest BCUT2D eigenvalue weighted by atomic mass is 10.1. The van der Waals surface area contributed by atoms with Crippen molar-refractivity contribution in [2.24, 2.45) is 0 Å². The summed E-state index contributed by atoms with van der Waals surface area (Å²) in [5.74, 6) is 0. The molecule has 0 aliphatic heterocycles. The van der Waals surface area contributed by atoms with Gasteiger partial charge in [-0.3, -0.25) is 0 Å². The van der Waals surface area contributed by atoms with Gasteiger partial charge in [0.25, 0.3) is 0 Å². The summed E-state index contributed by atoms with van der Waals surface area (Å²) in [5, 5.41) is 3.64. The van der Waals surface area contributed by atoms with Crippen LogP contribution in [0.1, 0.15) is 42.5 Å². The molecule has 2 nitrogen and oxygen atoms in total. The van der Waals surface area contributed by atoms with Gasteiger partial charge in [0.05, 0.1) is 0 Å². The lowest BCUT2D eigenvalue weighted by Crippen LogP contribution is -2.21. The number of fused-ring (bicyclic) bond motifs is 1. The molecule has 2 heteroatoms. The summed E-state index contributed by atoms with van der Waals surface area (Å²) in [6, 6.07) is 7.40. The van der Waals surface area contributed by atoms with E-state index in [2.05, 4.69) is 30.4 Å². The van der Waals surface area contributed by atoms with Crippen LogP contribution in [0.2, 0.25) is 0 Å². The first-order valence-electron chi connectivity index (χ1n) is 6.72. The average Bonchev–Trinajstić information content (AvgIpc) is 2.72. The predicted octanol–water partition coefficient (Wildman–Crippen LogP) is 3.00. The molecule has 2 rings (SSSR count). The second-order valence-electron chi connectivity index (χ2n) is 4.80. The third-order valence-electron chi connectivity index (χ3n) is 3.44. The van der Waals surface area contributed by atoms with Crippen molar-refractivity contribution in [3.8, 4) is 0 Å². The molecule has 0 amide bonds. The van der Waals surface area contributed by atoms with E-state index in [1.165, 1.54) is 29.5 Å². The third-order valence-corrected chi connectivity index (χ3v) is 3.44. The summed E-state index contributed by atoms with van der Waals surface area (Å²) in [4.78, 5) is 0. The Labute approximate surface area is 104 Å². The lowest BCUT2D eigenvalue weighted by molar-refractivity contribution is 0.144. The van der Waals surface area contributed by atoms with Crippen LogP contribution in [0, 0.1) is 6.92 Å². The van der Waals surface area contributed by atoms with E-state index in [4.69, 9.17) is 4.74 Å². The van der Waals surface area contributed by atoms with Crippen LogP contribution in [0.15, 0.2) is 18.2 Å². The molecule has 94 valence electrons. The summed E-state index contributed by atoms with van der Waals surface area (Å²) >= 11 is 0. The molecule has 17 heavy (non-hydrogen) atoms. The number of hydrogen-bond donors (Lipinski definition) is 1. The van der Waals surface area contributed by atoms with E-state index in [1.807, 2.05) is 6.92 Å². The second kappa shape index (κ2) is 6.18. The molecule has 0 spiro atoms. The molecule has 1 unspecified atom stereocenters. The Morgan fingerprint density at radius 2 is 2.29 bits per heavy atom. The molecular formula is C15H23NO. The van der Waals surface area contributed by atoms with Crippen molar-refractivity contribution in [1.29, 1.82) is 0 Å². The smallest absolute Gasteiger partial charge is 0.0477 e. The Morgan fingerprint density at radius 1 is 1.41 bits per heavy atom. The monoisotopic (exact) mass is 233 g/mol. The van der Waals surface area contributed by atoms with Gasteiger partial charge in [0.1, 0.15) is 0 Å². The Morgan fingerprint density at radius 3 is 3.12 bits per heavy atom. The molecule has 0 saturated carbocycles. The summed E-state index contributed by atoms with van der Waals surface area (Å²) in [6.07, 6.45) is 3.57. The van der Waals surface area contributed by atoms with Gasteiger partial charge in [0.2, 0.25) is 0 Å². The van der Waals surface area contributed by atoms with Crippen LogP contribution in [0.25, 0.3) is 0 Å². The van der Waals surface area contributed by atoms with Crippen molar-refractivity contribution < 1.29 is 4.74 Å². The topological polar surface area (TPSA) is 21.3 Å². The minimum absolute atomic E-state index is 0.562. The molecule has 0 saturated heterocycles. The van der Waals surface area contributed by atoms with Crippen LogP contribution in [0.4, 0.5) is 0 Å². The number of nitrogens with one attached hydrogen (secondary N) is 1. The Hall–Kier alpha value is -0.860. The normalized spacial score (nSPS) is 18.4. The van der Waals surface area contributed by atoms with Crippen molar-refractivity contribution in [3.63, 3.8) is 0 Å². The maximum absolute atomic E-state index is 5.35. The van der Waals surface area contributed by atoms with Crippen molar-refractivity contribution >= 4 is 0 Å². The molecule has 1 aromatic carbocycles. The number of benzene rings is 1.